The zero-order valence-corrected chi connectivity index (χ0v) is 13.8. The topological polar surface area (TPSA) is 47.7 Å². The largest absolute Gasteiger partial charge is 0.335 e. The Morgan fingerprint density at radius 3 is 2.62 bits per heavy atom. The van der Waals surface area contributed by atoms with Crippen LogP contribution in [-0.2, 0) is 20.0 Å². The van der Waals surface area contributed by atoms with E-state index in [2.05, 4.69) is 53.9 Å². The predicted octanol–water partition coefficient (Wildman–Crippen LogP) is 2.54. The molecule has 2 aromatic heterocycles. The molecule has 0 aliphatic rings. The number of hydrogen-bond donors (Lipinski definition) is 1. The summed E-state index contributed by atoms with van der Waals surface area (Å²) in [5.74, 6) is 1.13. The summed E-state index contributed by atoms with van der Waals surface area (Å²) in [5.41, 5.74) is 3.66. The van der Waals surface area contributed by atoms with E-state index in [-0.39, 0.29) is 6.04 Å². The van der Waals surface area contributed by atoms with Crippen LogP contribution in [0.1, 0.15) is 49.1 Å². The molecule has 0 radical (unpaired) electrons. The van der Waals surface area contributed by atoms with Crippen molar-refractivity contribution < 1.29 is 0 Å². The van der Waals surface area contributed by atoms with E-state index in [4.69, 9.17) is 0 Å². The summed E-state index contributed by atoms with van der Waals surface area (Å²) in [6.07, 6.45) is 5.96. The molecular weight excluding hydrogens is 262 g/mol. The molecule has 2 rings (SSSR count). The lowest BCUT2D eigenvalue weighted by atomic mass is 10.0. The molecule has 2 aromatic rings. The first kappa shape index (κ1) is 15.8. The van der Waals surface area contributed by atoms with Gasteiger partial charge in [-0.25, -0.2) is 4.98 Å². The van der Waals surface area contributed by atoms with Crippen molar-refractivity contribution in [2.24, 2.45) is 7.05 Å². The standard InChI is InChI=1S/C16H27N5/c1-6-8-17-14(11-15-18-9-10-21(15)7-2)16-12(3)19-20(5)13(16)4/h9-10,14,17H,6-8,11H2,1-5H3. The first-order valence-corrected chi connectivity index (χ1v) is 7.81. The van der Waals surface area contributed by atoms with Gasteiger partial charge >= 0.3 is 0 Å². The average Bonchev–Trinajstić information content (AvgIpc) is 3.00. The summed E-state index contributed by atoms with van der Waals surface area (Å²) < 4.78 is 4.18. The minimum Gasteiger partial charge on any atom is -0.335 e. The van der Waals surface area contributed by atoms with Gasteiger partial charge in [0.25, 0.3) is 0 Å². The van der Waals surface area contributed by atoms with Gasteiger partial charge in [0.05, 0.1) is 5.69 Å². The van der Waals surface area contributed by atoms with E-state index in [0.29, 0.717) is 0 Å². The van der Waals surface area contributed by atoms with E-state index in [1.807, 2.05) is 17.9 Å². The molecule has 5 heteroatoms. The van der Waals surface area contributed by atoms with Crippen LogP contribution >= 0.6 is 0 Å². The van der Waals surface area contributed by atoms with Gasteiger partial charge in [-0.3, -0.25) is 4.68 Å². The predicted molar refractivity (Wildman–Crippen MR) is 85.3 cm³/mol. The quantitative estimate of drug-likeness (QED) is 0.852. The molecule has 1 N–H and O–H groups in total. The van der Waals surface area contributed by atoms with Gasteiger partial charge in [0, 0.05) is 49.7 Å². The Bertz CT molecular complexity index is 582. The minimum absolute atomic E-state index is 0.270. The van der Waals surface area contributed by atoms with Crippen LogP contribution in [0.15, 0.2) is 12.4 Å². The Labute approximate surface area is 127 Å². The van der Waals surface area contributed by atoms with Crippen molar-refractivity contribution in [3.8, 4) is 0 Å². The van der Waals surface area contributed by atoms with E-state index in [1.165, 1.54) is 11.3 Å². The lowest BCUT2D eigenvalue weighted by Gasteiger charge is -2.19. The first-order chi connectivity index (χ1) is 10.1. The van der Waals surface area contributed by atoms with Gasteiger partial charge in [-0.05, 0) is 33.7 Å². The smallest absolute Gasteiger partial charge is 0.110 e. The van der Waals surface area contributed by atoms with Gasteiger partial charge in [-0.15, -0.1) is 0 Å². The van der Waals surface area contributed by atoms with Crippen molar-refractivity contribution in [2.45, 2.75) is 53.1 Å². The van der Waals surface area contributed by atoms with Gasteiger partial charge in [-0.2, -0.15) is 5.10 Å². The number of rotatable bonds is 7. The second-order valence-electron chi connectivity index (χ2n) is 5.55. The van der Waals surface area contributed by atoms with Gasteiger partial charge in [-0.1, -0.05) is 6.92 Å². The van der Waals surface area contributed by atoms with E-state index < -0.39 is 0 Å². The number of nitrogens with zero attached hydrogens (tertiary/aromatic N) is 4. The highest BCUT2D eigenvalue weighted by atomic mass is 15.3. The summed E-state index contributed by atoms with van der Waals surface area (Å²) in [7, 11) is 2.01. The van der Waals surface area contributed by atoms with Crippen molar-refractivity contribution >= 4 is 0 Å². The molecule has 0 aliphatic carbocycles. The highest BCUT2D eigenvalue weighted by molar-refractivity contribution is 5.29. The van der Waals surface area contributed by atoms with E-state index in [1.54, 1.807) is 0 Å². The van der Waals surface area contributed by atoms with Crippen molar-refractivity contribution in [1.29, 1.82) is 0 Å². The normalized spacial score (nSPS) is 12.8. The Hall–Kier alpha value is -1.62. The van der Waals surface area contributed by atoms with Crippen LogP contribution in [-0.4, -0.2) is 25.9 Å². The number of imidazole rings is 1. The van der Waals surface area contributed by atoms with Crippen LogP contribution in [0, 0.1) is 13.8 Å². The SMILES string of the molecule is CCCNC(Cc1nccn1CC)c1c(C)nn(C)c1C. The summed E-state index contributed by atoms with van der Waals surface area (Å²) >= 11 is 0. The van der Waals surface area contributed by atoms with Gasteiger partial charge < -0.3 is 9.88 Å². The van der Waals surface area contributed by atoms with E-state index >= 15 is 0 Å². The average molecular weight is 289 g/mol. The summed E-state index contributed by atoms with van der Waals surface area (Å²) in [6.45, 7) is 10.5. The number of aromatic nitrogens is 4. The second kappa shape index (κ2) is 6.89. The molecule has 0 spiro atoms. The molecular formula is C16H27N5. The Morgan fingerprint density at radius 2 is 2.05 bits per heavy atom. The van der Waals surface area contributed by atoms with Crippen LogP contribution in [0.3, 0.4) is 0 Å². The highest BCUT2D eigenvalue weighted by Gasteiger charge is 2.21. The maximum absolute atomic E-state index is 4.56. The van der Waals surface area contributed by atoms with Crippen molar-refractivity contribution in [2.75, 3.05) is 6.54 Å². The molecule has 5 nitrogen and oxygen atoms in total. The van der Waals surface area contributed by atoms with Crippen LogP contribution < -0.4 is 5.32 Å². The zero-order valence-electron chi connectivity index (χ0n) is 13.8. The molecule has 0 saturated heterocycles. The fraction of sp³-hybridized carbons (Fsp3) is 0.625. The molecule has 1 atom stereocenters. The van der Waals surface area contributed by atoms with Gasteiger partial charge in [0.2, 0.25) is 0 Å². The Balaban J connectivity index is 2.30. The minimum atomic E-state index is 0.270. The summed E-state index contributed by atoms with van der Waals surface area (Å²) in [5, 5.41) is 8.22. The van der Waals surface area contributed by atoms with Gasteiger partial charge in [0.15, 0.2) is 0 Å². The van der Waals surface area contributed by atoms with Crippen LogP contribution in [0.25, 0.3) is 0 Å². The molecule has 0 fully saturated rings. The maximum atomic E-state index is 4.56. The Kier molecular flexibility index (Phi) is 5.17. The van der Waals surface area contributed by atoms with E-state index in [0.717, 1.165) is 37.4 Å². The fourth-order valence-corrected chi connectivity index (χ4v) is 2.89. The monoisotopic (exact) mass is 289 g/mol. The van der Waals surface area contributed by atoms with Crippen LogP contribution in [0.2, 0.25) is 0 Å². The fourth-order valence-electron chi connectivity index (χ4n) is 2.89. The third kappa shape index (κ3) is 3.35. The van der Waals surface area contributed by atoms with Crippen LogP contribution in [0.5, 0.6) is 0 Å². The Morgan fingerprint density at radius 1 is 1.29 bits per heavy atom. The van der Waals surface area contributed by atoms with Crippen LogP contribution in [0.4, 0.5) is 0 Å². The third-order valence-corrected chi connectivity index (χ3v) is 4.08. The summed E-state index contributed by atoms with van der Waals surface area (Å²) in [6, 6.07) is 0.270. The highest BCUT2D eigenvalue weighted by Crippen LogP contribution is 2.24. The third-order valence-electron chi connectivity index (χ3n) is 4.08. The first-order valence-electron chi connectivity index (χ1n) is 7.81. The van der Waals surface area contributed by atoms with Gasteiger partial charge in [0.1, 0.15) is 5.82 Å². The molecule has 0 saturated carbocycles. The molecule has 0 amide bonds. The van der Waals surface area contributed by atoms with E-state index in [9.17, 15) is 0 Å². The molecule has 1 unspecified atom stereocenters. The molecule has 2 heterocycles. The lowest BCUT2D eigenvalue weighted by Crippen LogP contribution is -2.26. The molecule has 0 aliphatic heterocycles. The number of nitrogens with one attached hydrogen (secondary N) is 1. The van der Waals surface area contributed by atoms with Crippen molar-refractivity contribution in [1.82, 2.24) is 24.6 Å². The molecule has 116 valence electrons. The zero-order chi connectivity index (χ0) is 15.4. The molecule has 0 bridgehead atoms. The number of aryl methyl sites for hydroxylation is 3. The van der Waals surface area contributed by atoms with Crippen molar-refractivity contribution in [3.63, 3.8) is 0 Å². The maximum Gasteiger partial charge on any atom is 0.110 e. The lowest BCUT2D eigenvalue weighted by molar-refractivity contribution is 0.502. The molecule has 0 aromatic carbocycles. The van der Waals surface area contributed by atoms with Crippen molar-refractivity contribution in [3.05, 3.63) is 35.2 Å². The second-order valence-corrected chi connectivity index (χ2v) is 5.55. The number of hydrogen-bond acceptors (Lipinski definition) is 3. The summed E-state index contributed by atoms with van der Waals surface area (Å²) in [4.78, 5) is 4.52. The molecule has 21 heavy (non-hydrogen) atoms.